The van der Waals surface area contributed by atoms with Gasteiger partial charge in [0.25, 0.3) is 11.8 Å². The van der Waals surface area contributed by atoms with Crippen LogP contribution in [0, 0.1) is 6.92 Å². The van der Waals surface area contributed by atoms with Gasteiger partial charge >= 0.3 is 7.12 Å². The quantitative estimate of drug-likeness (QED) is 0.686. The van der Waals surface area contributed by atoms with Crippen LogP contribution in [0.2, 0.25) is 0 Å². The summed E-state index contributed by atoms with van der Waals surface area (Å²) in [7, 11) is -0.496. The van der Waals surface area contributed by atoms with Gasteiger partial charge in [-0.25, -0.2) is 8.78 Å². The van der Waals surface area contributed by atoms with E-state index in [1.165, 1.54) is 4.90 Å². The SMILES string of the molecule is Cc1ccc2cc(C(=O)N3CCC(F)(F)CC3)ccc2c1B1OC(C)(C)C(C)(C)O1. The molecule has 0 atom stereocenters. The van der Waals surface area contributed by atoms with Gasteiger partial charge in [0.15, 0.2) is 0 Å². The predicted molar refractivity (Wildman–Crippen MR) is 114 cm³/mol. The largest absolute Gasteiger partial charge is 0.495 e. The number of carbonyl (C=O) groups excluding carboxylic acids is 1. The van der Waals surface area contributed by atoms with Crippen LogP contribution in [0.15, 0.2) is 30.3 Å². The van der Waals surface area contributed by atoms with Gasteiger partial charge in [0.1, 0.15) is 0 Å². The number of nitrogens with zero attached hydrogens (tertiary/aromatic N) is 1. The Morgan fingerprint density at radius 1 is 1.00 bits per heavy atom. The molecule has 2 aliphatic rings. The topological polar surface area (TPSA) is 38.8 Å². The maximum absolute atomic E-state index is 13.4. The molecule has 0 saturated carbocycles. The molecule has 4 rings (SSSR count). The lowest BCUT2D eigenvalue weighted by molar-refractivity contribution is -0.0494. The van der Waals surface area contributed by atoms with E-state index in [4.69, 9.17) is 9.31 Å². The minimum atomic E-state index is -2.67. The third-order valence-corrected chi connectivity index (χ3v) is 6.80. The maximum Gasteiger partial charge on any atom is 0.495 e. The van der Waals surface area contributed by atoms with Gasteiger partial charge in [-0.2, -0.15) is 0 Å². The van der Waals surface area contributed by atoms with E-state index in [2.05, 4.69) is 0 Å². The van der Waals surface area contributed by atoms with Gasteiger partial charge in [-0.05, 0) is 63.0 Å². The van der Waals surface area contributed by atoms with Gasteiger partial charge in [-0.1, -0.05) is 23.8 Å². The molecule has 30 heavy (non-hydrogen) atoms. The number of hydrogen-bond donors (Lipinski definition) is 0. The van der Waals surface area contributed by atoms with Crippen molar-refractivity contribution >= 4 is 29.3 Å². The summed E-state index contributed by atoms with van der Waals surface area (Å²) in [5.41, 5.74) is 1.63. The molecule has 0 aromatic heterocycles. The highest BCUT2D eigenvalue weighted by Gasteiger charge is 2.52. The zero-order valence-corrected chi connectivity index (χ0v) is 18.2. The fourth-order valence-electron chi connectivity index (χ4n) is 4.09. The van der Waals surface area contributed by atoms with Crippen molar-refractivity contribution in [2.24, 2.45) is 0 Å². The van der Waals surface area contributed by atoms with Crippen molar-refractivity contribution in [1.82, 2.24) is 4.90 Å². The monoisotopic (exact) mass is 415 g/mol. The summed E-state index contributed by atoms with van der Waals surface area (Å²) in [6.45, 7) is 10.3. The first-order chi connectivity index (χ1) is 13.9. The zero-order chi connectivity index (χ0) is 21.9. The van der Waals surface area contributed by atoms with Crippen LogP contribution in [-0.4, -0.2) is 48.1 Å². The molecule has 0 aliphatic carbocycles. The second-order valence-electron chi connectivity index (χ2n) is 9.47. The molecule has 0 bridgehead atoms. The Morgan fingerprint density at radius 3 is 2.20 bits per heavy atom. The molecule has 0 spiro atoms. The van der Waals surface area contributed by atoms with Crippen molar-refractivity contribution in [3.63, 3.8) is 0 Å². The number of benzene rings is 2. The van der Waals surface area contributed by atoms with E-state index < -0.39 is 24.2 Å². The minimum absolute atomic E-state index is 0.0803. The molecular formula is C23H28BF2NO3. The van der Waals surface area contributed by atoms with Crippen molar-refractivity contribution in [1.29, 1.82) is 0 Å². The normalized spacial score (nSPS) is 22.5. The lowest BCUT2D eigenvalue weighted by Gasteiger charge is -2.32. The number of alkyl halides is 2. The van der Waals surface area contributed by atoms with Crippen molar-refractivity contribution in [2.45, 2.75) is 64.6 Å². The lowest BCUT2D eigenvalue weighted by Crippen LogP contribution is -2.42. The number of amides is 1. The zero-order valence-electron chi connectivity index (χ0n) is 18.2. The maximum atomic E-state index is 13.4. The van der Waals surface area contributed by atoms with Crippen LogP contribution in [-0.2, 0) is 9.31 Å². The highest BCUT2D eigenvalue weighted by atomic mass is 19.3. The summed E-state index contributed by atoms with van der Waals surface area (Å²) in [6.07, 6.45) is -0.560. The molecule has 2 aliphatic heterocycles. The molecule has 2 fully saturated rings. The van der Waals surface area contributed by atoms with Crippen LogP contribution in [0.4, 0.5) is 8.78 Å². The van der Waals surface area contributed by atoms with Crippen molar-refractivity contribution < 1.29 is 22.9 Å². The fraction of sp³-hybridized carbons (Fsp3) is 0.522. The summed E-state index contributed by atoms with van der Waals surface area (Å²) in [4.78, 5) is 14.4. The number of likely N-dealkylation sites (tertiary alicyclic amines) is 1. The van der Waals surface area contributed by atoms with Crippen molar-refractivity contribution in [2.75, 3.05) is 13.1 Å². The highest BCUT2D eigenvalue weighted by molar-refractivity contribution is 6.65. The molecule has 0 radical (unpaired) electrons. The molecule has 2 aromatic rings. The molecule has 0 N–H and O–H groups in total. The number of carbonyl (C=O) groups is 1. The van der Waals surface area contributed by atoms with Gasteiger partial charge < -0.3 is 14.2 Å². The van der Waals surface area contributed by atoms with Crippen LogP contribution in [0.5, 0.6) is 0 Å². The first-order valence-electron chi connectivity index (χ1n) is 10.5. The smallest absolute Gasteiger partial charge is 0.399 e. The first kappa shape index (κ1) is 21.3. The number of rotatable bonds is 2. The number of hydrogen-bond acceptors (Lipinski definition) is 3. The first-order valence-corrected chi connectivity index (χ1v) is 10.5. The van der Waals surface area contributed by atoms with E-state index in [-0.39, 0.29) is 31.8 Å². The highest BCUT2D eigenvalue weighted by Crippen LogP contribution is 2.37. The molecule has 7 heteroatoms. The molecule has 4 nitrogen and oxygen atoms in total. The molecular weight excluding hydrogens is 387 g/mol. The van der Waals surface area contributed by atoms with E-state index in [1.54, 1.807) is 6.07 Å². The number of halogens is 2. The molecule has 2 heterocycles. The lowest BCUT2D eigenvalue weighted by atomic mass is 9.73. The van der Waals surface area contributed by atoms with E-state index in [1.807, 2.05) is 58.9 Å². The molecule has 0 unspecified atom stereocenters. The summed E-state index contributed by atoms with van der Waals surface area (Å²) in [6, 6.07) is 9.48. The van der Waals surface area contributed by atoms with Crippen molar-refractivity contribution in [3.8, 4) is 0 Å². The fourth-order valence-corrected chi connectivity index (χ4v) is 4.09. The number of fused-ring (bicyclic) bond motifs is 1. The predicted octanol–water partition coefficient (Wildman–Crippen LogP) is 4.32. The third kappa shape index (κ3) is 3.62. The molecule has 1 amide bonds. The van der Waals surface area contributed by atoms with E-state index in [9.17, 15) is 13.6 Å². The third-order valence-electron chi connectivity index (χ3n) is 6.80. The van der Waals surface area contributed by atoms with E-state index in [0.717, 1.165) is 21.8 Å². The Balaban J connectivity index is 1.66. The summed E-state index contributed by atoms with van der Waals surface area (Å²) in [5.74, 6) is -2.87. The van der Waals surface area contributed by atoms with Crippen LogP contribution in [0.25, 0.3) is 10.8 Å². The van der Waals surface area contributed by atoms with E-state index in [0.29, 0.717) is 5.56 Å². The van der Waals surface area contributed by atoms with E-state index >= 15 is 0 Å². The molecule has 160 valence electrons. The molecule has 2 aromatic carbocycles. The van der Waals surface area contributed by atoms with Crippen LogP contribution in [0.1, 0.15) is 56.5 Å². The molecule has 2 saturated heterocycles. The van der Waals surface area contributed by atoms with Gasteiger partial charge in [-0.15, -0.1) is 0 Å². The van der Waals surface area contributed by atoms with Crippen LogP contribution >= 0.6 is 0 Å². The average molecular weight is 415 g/mol. The summed E-state index contributed by atoms with van der Waals surface area (Å²) >= 11 is 0. The Kier molecular flexibility index (Phi) is 4.98. The second kappa shape index (κ2) is 7.03. The summed E-state index contributed by atoms with van der Waals surface area (Å²) < 4.78 is 39.4. The van der Waals surface area contributed by atoms with Gasteiger partial charge in [0, 0.05) is 31.5 Å². The Hall–Kier alpha value is -1.99. The van der Waals surface area contributed by atoms with Crippen LogP contribution < -0.4 is 5.46 Å². The summed E-state index contributed by atoms with van der Waals surface area (Å²) in [5, 5.41) is 1.87. The average Bonchev–Trinajstić information content (AvgIpc) is 2.87. The van der Waals surface area contributed by atoms with Gasteiger partial charge in [0.2, 0.25) is 0 Å². The van der Waals surface area contributed by atoms with Gasteiger partial charge in [-0.3, -0.25) is 4.79 Å². The number of piperidine rings is 1. The standard InChI is InChI=1S/C23H28BF2NO3/c1-15-6-7-16-14-17(20(28)27-12-10-23(25,26)11-13-27)8-9-18(16)19(15)24-29-21(2,3)22(4,5)30-24/h6-9,14H,10-13H2,1-5H3. The number of aryl methyl sites for hydroxylation is 1. The van der Waals surface area contributed by atoms with Gasteiger partial charge in [0.05, 0.1) is 11.2 Å². The Bertz CT molecular complexity index is 979. The Morgan fingerprint density at radius 2 is 1.60 bits per heavy atom. The second-order valence-corrected chi connectivity index (χ2v) is 9.47. The van der Waals surface area contributed by atoms with Crippen molar-refractivity contribution in [3.05, 3.63) is 41.5 Å². The minimum Gasteiger partial charge on any atom is -0.399 e. The Labute approximate surface area is 176 Å². The van der Waals surface area contributed by atoms with Crippen LogP contribution in [0.3, 0.4) is 0 Å².